The average Bonchev–Trinajstić information content (AvgIpc) is 2.35. The van der Waals surface area contributed by atoms with Crippen LogP contribution in [0, 0.1) is 0 Å². The number of ether oxygens (including phenoxy) is 1. The van der Waals surface area contributed by atoms with Crippen LogP contribution in [0.1, 0.15) is 38.2 Å². The van der Waals surface area contributed by atoms with Crippen LogP contribution in [0.3, 0.4) is 0 Å². The van der Waals surface area contributed by atoms with Gasteiger partial charge in [-0.2, -0.15) is 0 Å². The molecule has 0 heterocycles. The minimum atomic E-state index is 0.698. The first kappa shape index (κ1) is 13.6. The van der Waals surface area contributed by atoms with Gasteiger partial charge in [0.15, 0.2) is 0 Å². The van der Waals surface area contributed by atoms with Gasteiger partial charge in [0.1, 0.15) is 5.75 Å². The van der Waals surface area contributed by atoms with Crippen LogP contribution in [-0.2, 0) is 6.42 Å². The fourth-order valence-corrected chi connectivity index (χ4v) is 2.02. The molecule has 0 aromatic heterocycles. The Morgan fingerprint density at radius 1 is 1.19 bits per heavy atom. The predicted octanol–water partition coefficient (Wildman–Crippen LogP) is 4.58. The van der Waals surface area contributed by atoms with E-state index in [-0.39, 0.29) is 0 Å². The Balaban J connectivity index is 2.21. The smallest absolute Gasteiger partial charge is 0.118 e. The van der Waals surface area contributed by atoms with E-state index < -0.39 is 0 Å². The molecular formula is C14H21BrO. The molecule has 0 bridgehead atoms. The van der Waals surface area contributed by atoms with Crippen molar-refractivity contribution in [1.82, 2.24) is 0 Å². The molecule has 0 radical (unpaired) electrons. The summed E-state index contributed by atoms with van der Waals surface area (Å²) >= 11 is 3.67. The molecule has 0 fully saturated rings. The lowest BCUT2D eigenvalue weighted by molar-refractivity contribution is 0.414. The summed E-state index contributed by atoms with van der Waals surface area (Å²) in [4.78, 5) is 0.698. The first-order chi connectivity index (χ1) is 7.76. The fourth-order valence-electron chi connectivity index (χ4n) is 1.69. The molecule has 1 aromatic rings. The molecule has 1 unspecified atom stereocenters. The Bertz CT molecular complexity index is 281. The normalized spacial score (nSPS) is 12.4. The molecule has 90 valence electrons. The van der Waals surface area contributed by atoms with Crippen molar-refractivity contribution in [3.05, 3.63) is 29.8 Å². The standard InChI is InChI=1S/C14H21BrO/c1-3-13(15)7-5-4-6-12-8-10-14(16-2)11-9-12/h8-11,13H,3-7H2,1-2H3. The second kappa shape index (κ2) is 7.72. The van der Waals surface area contributed by atoms with Gasteiger partial charge in [-0.05, 0) is 43.4 Å². The lowest BCUT2D eigenvalue weighted by atomic mass is 10.1. The zero-order chi connectivity index (χ0) is 11.8. The van der Waals surface area contributed by atoms with Crippen LogP contribution in [-0.4, -0.2) is 11.9 Å². The van der Waals surface area contributed by atoms with Gasteiger partial charge in [-0.1, -0.05) is 41.4 Å². The molecule has 0 spiro atoms. The van der Waals surface area contributed by atoms with Gasteiger partial charge in [-0.15, -0.1) is 0 Å². The van der Waals surface area contributed by atoms with Crippen LogP contribution in [0.5, 0.6) is 5.75 Å². The van der Waals surface area contributed by atoms with Gasteiger partial charge in [0.25, 0.3) is 0 Å². The minimum Gasteiger partial charge on any atom is -0.497 e. The fraction of sp³-hybridized carbons (Fsp3) is 0.571. The molecule has 0 aliphatic carbocycles. The minimum absolute atomic E-state index is 0.698. The molecule has 0 aliphatic heterocycles. The summed E-state index contributed by atoms with van der Waals surface area (Å²) in [5.41, 5.74) is 1.41. The summed E-state index contributed by atoms with van der Waals surface area (Å²) in [6.07, 6.45) is 6.26. The summed E-state index contributed by atoms with van der Waals surface area (Å²) in [6, 6.07) is 8.39. The number of aryl methyl sites for hydroxylation is 1. The molecule has 0 aliphatic rings. The Labute approximate surface area is 107 Å². The number of rotatable bonds is 7. The molecule has 1 rings (SSSR count). The number of methoxy groups -OCH3 is 1. The Kier molecular flexibility index (Phi) is 6.55. The van der Waals surface area contributed by atoms with E-state index in [0.29, 0.717) is 4.83 Å². The number of benzene rings is 1. The van der Waals surface area contributed by atoms with Gasteiger partial charge >= 0.3 is 0 Å². The average molecular weight is 285 g/mol. The second-order valence-electron chi connectivity index (χ2n) is 4.10. The number of hydrogen-bond donors (Lipinski definition) is 0. The van der Waals surface area contributed by atoms with Crippen LogP contribution < -0.4 is 4.74 Å². The lowest BCUT2D eigenvalue weighted by Gasteiger charge is -2.06. The van der Waals surface area contributed by atoms with Crippen molar-refractivity contribution >= 4 is 15.9 Å². The third kappa shape index (κ3) is 5.02. The van der Waals surface area contributed by atoms with Gasteiger partial charge in [-0.3, -0.25) is 0 Å². The maximum Gasteiger partial charge on any atom is 0.118 e. The Hall–Kier alpha value is -0.500. The van der Waals surface area contributed by atoms with Crippen LogP contribution >= 0.6 is 15.9 Å². The largest absolute Gasteiger partial charge is 0.497 e. The van der Waals surface area contributed by atoms with Crippen LogP contribution in [0.2, 0.25) is 0 Å². The van der Waals surface area contributed by atoms with Crippen molar-refractivity contribution < 1.29 is 4.74 Å². The van der Waals surface area contributed by atoms with Crippen molar-refractivity contribution in [2.45, 2.75) is 43.9 Å². The summed E-state index contributed by atoms with van der Waals surface area (Å²) < 4.78 is 5.13. The first-order valence-corrected chi connectivity index (χ1v) is 6.94. The van der Waals surface area contributed by atoms with E-state index in [1.165, 1.54) is 37.7 Å². The highest BCUT2D eigenvalue weighted by atomic mass is 79.9. The van der Waals surface area contributed by atoms with E-state index in [1.54, 1.807) is 7.11 Å². The Morgan fingerprint density at radius 2 is 1.88 bits per heavy atom. The topological polar surface area (TPSA) is 9.23 Å². The van der Waals surface area contributed by atoms with E-state index >= 15 is 0 Å². The molecule has 0 saturated heterocycles. The zero-order valence-corrected chi connectivity index (χ0v) is 11.8. The third-order valence-corrected chi connectivity index (χ3v) is 3.94. The third-order valence-electron chi connectivity index (χ3n) is 2.83. The molecule has 1 atom stereocenters. The molecule has 1 nitrogen and oxygen atoms in total. The lowest BCUT2D eigenvalue weighted by Crippen LogP contribution is -1.95. The van der Waals surface area contributed by atoms with E-state index in [9.17, 15) is 0 Å². The van der Waals surface area contributed by atoms with Crippen LogP contribution in [0.4, 0.5) is 0 Å². The van der Waals surface area contributed by atoms with E-state index in [0.717, 1.165) is 5.75 Å². The van der Waals surface area contributed by atoms with Gasteiger partial charge in [0, 0.05) is 4.83 Å². The van der Waals surface area contributed by atoms with Crippen LogP contribution in [0.15, 0.2) is 24.3 Å². The molecular weight excluding hydrogens is 264 g/mol. The molecule has 0 amide bonds. The molecule has 1 aromatic carbocycles. The number of unbranched alkanes of at least 4 members (excludes halogenated alkanes) is 1. The molecule has 16 heavy (non-hydrogen) atoms. The number of alkyl halides is 1. The predicted molar refractivity (Wildman–Crippen MR) is 73.6 cm³/mol. The summed E-state index contributed by atoms with van der Waals surface area (Å²) in [7, 11) is 1.70. The highest BCUT2D eigenvalue weighted by molar-refractivity contribution is 9.09. The molecule has 2 heteroatoms. The van der Waals surface area contributed by atoms with Crippen molar-refractivity contribution in [2.24, 2.45) is 0 Å². The van der Waals surface area contributed by atoms with Gasteiger partial charge in [0.05, 0.1) is 7.11 Å². The summed E-state index contributed by atoms with van der Waals surface area (Å²) in [5, 5.41) is 0. The number of halogens is 1. The first-order valence-electron chi connectivity index (χ1n) is 6.03. The SMILES string of the molecule is CCC(Br)CCCCc1ccc(OC)cc1. The van der Waals surface area contributed by atoms with E-state index in [1.807, 2.05) is 12.1 Å². The zero-order valence-electron chi connectivity index (χ0n) is 10.2. The van der Waals surface area contributed by atoms with E-state index in [4.69, 9.17) is 4.74 Å². The summed E-state index contributed by atoms with van der Waals surface area (Å²) in [5.74, 6) is 0.940. The van der Waals surface area contributed by atoms with Crippen molar-refractivity contribution in [3.63, 3.8) is 0 Å². The van der Waals surface area contributed by atoms with Gasteiger partial charge in [-0.25, -0.2) is 0 Å². The highest BCUT2D eigenvalue weighted by Crippen LogP contribution is 2.16. The maximum atomic E-state index is 5.13. The Morgan fingerprint density at radius 3 is 2.44 bits per heavy atom. The summed E-state index contributed by atoms with van der Waals surface area (Å²) in [6.45, 7) is 2.23. The maximum absolute atomic E-state index is 5.13. The van der Waals surface area contributed by atoms with Crippen molar-refractivity contribution in [1.29, 1.82) is 0 Å². The molecule has 0 N–H and O–H groups in total. The highest BCUT2D eigenvalue weighted by Gasteiger charge is 2.00. The second-order valence-corrected chi connectivity index (χ2v) is 5.39. The van der Waals surface area contributed by atoms with Gasteiger partial charge in [0.2, 0.25) is 0 Å². The molecule has 0 saturated carbocycles. The monoisotopic (exact) mass is 284 g/mol. The van der Waals surface area contributed by atoms with Crippen molar-refractivity contribution in [3.8, 4) is 5.75 Å². The van der Waals surface area contributed by atoms with Crippen LogP contribution in [0.25, 0.3) is 0 Å². The number of hydrogen-bond acceptors (Lipinski definition) is 1. The van der Waals surface area contributed by atoms with Crippen molar-refractivity contribution in [2.75, 3.05) is 7.11 Å². The van der Waals surface area contributed by atoms with E-state index in [2.05, 4.69) is 35.0 Å². The quantitative estimate of drug-likeness (QED) is 0.526. The van der Waals surface area contributed by atoms with Gasteiger partial charge < -0.3 is 4.74 Å².